The maximum absolute atomic E-state index is 11.5. The summed E-state index contributed by atoms with van der Waals surface area (Å²) < 4.78 is 0. The number of hydrogen-bond donors (Lipinski definition) is 4. The fraction of sp³-hybridized carbons (Fsp3) is 0.750. The summed E-state index contributed by atoms with van der Waals surface area (Å²) in [4.78, 5) is 33.8. The average molecular weight is 273 g/mol. The van der Waals surface area contributed by atoms with Crippen LogP contribution < -0.4 is 16.4 Å². The summed E-state index contributed by atoms with van der Waals surface area (Å²) in [5, 5.41) is 13.6. The van der Waals surface area contributed by atoms with Crippen molar-refractivity contribution in [3.05, 3.63) is 0 Å². The van der Waals surface area contributed by atoms with Crippen molar-refractivity contribution in [3.8, 4) is 0 Å². The zero-order chi connectivity index (χ0) is 15.0. The molecule has 0 saturated carbocycles. The molecule has 0 rings (SSSR count). The highest BCUT2D eigenvalue weighted by Gasteiger charge is 2.21. The van der Waals surface area contributed by atoms with E-state index in [1.54, 1.807) is 13.8 Å². The fourth-order valence-corrected chi connectivity index (χ4v) is 1.38. The lowest BCUT2D eigenvalue weighted by molar-refractivity contribution is -0.141. The van der Waals surface area contributed by atoms with Crippen LogP contribution in [0.3, 0.4) is 0 Å². The molecule has 2 atom stereocenters. The Bertz CT molecular complexity index is 331. The van der Waals surface area contributed by atoms with Crippen LogP contribution in [0.4, 0.5) is 0 Å². The molecule has 7 nitrogen and oxygen atoms in total. The van der Waals surface area contributed by atoms with E-state index in [0.717, 1.165) is 0 Å². The van der Waals surface area contributed by atoms with E-state index in [9.17, 15) is 14.4 Å². The number of carbonyl (C=O) groups excluding carboxylic acids is 2. The van der Waals surface area contributed by atoms with Crippen molar-refractivity contribution in [2.75, 3.05) is 6.54 Å². The van der Waals surface area contributed by atoms with E-state index in [2.05, 4.69) is 10.6 Å². The molecule has 0 aromatic heterocycles. The summed E-state index contributed by atoms with van der Waals surface area (Å²) in [5.74, 6) is -2.08. The molecule has 0 unspecified atom stereocenters. The molecule has 5 N–H and O–H groups in total. The summed E-state index contributed by atoms with van der Waals surface area (Å²) >= 11 is 0. The molecule has 0 saturated heterocycles. The second kappa shape index (κ2) is 8.47. The van der Waals surface area contributed by atoms with Crippen molar-refractivity contribution in [2.24, 2.45) is 11.7 Å². The Morgan fingerprint density at radius 1 is 1.26 bits per heavy atom. The Morgan fingerprint density at radius 2 is 1.84 bits per heavy atom. The monoisotopic (exact) mass is 273 g/mol. The van der Waals surface area contributed by atoms with Crippen molar-refractivity contribution in [2.45, 2.75) is 45.7 Å². The molecular weight excluding hydrogens is 250 g/mol. The average Bonchev–Trinajstić information content (AvgIpc) is 2.34. The van der Waals surface area contributed by atoms with Gasteiger partial charge in [0.05, 0.1) is 12.6 Å². The Balaban J connectivity index is 4.17. The summed E-state index contributed by atoms with van der Waals surface area (Å²) in [7, 11) is 0. The number of rotatable bonds is 8. The number of aliphatic carboxylic acids is 1. The summed E-state index contributed by atoms with van der Waals surface area (Å²) in [6, 6.07) is -1.60. The number of carbonyl (C=O) groups is 3. The van der Waals surface area contributed by atoms with Crippen LogP contribution in [0.5, 0.6) is 0 Å². The summed E-state index contributed by atoms with van der Waals surface area (Å²) in [6.45, 7) is 5.15. The summed E-state index contributed by atoms with van der Waals surface area (Å²) in [6.07, 6.45) is 0.988. The molecule has 0 spiro atoms. The minimum atomic E-state index is -1.08. The standard InChI is InChI=1S/C12H23N3O4/c1-4-5-8(12(18)19)15-9(16)6-14-11(17)10(13)7(2)3/h7-8,10H,4-6,13H2,1-3H3,(H,14,17)(H,15,16)(H,18,19)/t8-,10+/m1/s1. The topological polar surface area (TPSA) is 122 Å². The van der Waals surface area contributed by atoms with Gasteiger partial charge in [-0.05, 0) is 12.3 Å². The Labute approximate surface area is 112 Å². The van der Waals surface area contributed by atoms with E-state index in [-0.39, 0.29) is 12.5 Å². The van der Waals surface area contributed by atoms with E-state index < -0.39 is 29.9 Å². The van der Waals surface area contributed by atoms with Crippen molar-refractivity contribution in [1.82, 2.24) is 10.6 Å². The minimum absolute atomic E-state index is 0.0325. The smallest absolute Gasteiger partial charge is 0.326 e. The van der Waals surface area contributed by atoms with Gasteiger partial charge in [0.25, 0.3) is 0 Å². The lowest BCUT2D eigenvalue weighted by Gasteiger charge is -2.16. The van der Waals surface area contributed by atoms with Crippen LogP contribution in [-0.2, 0) is 14.4 Å². The number of nitrogens with two attached hydrogens (primary N) is 1. The van der Waals surface area contributed by atoms with Gasteiger partial charge in [0.1, 0.15) is 6.04 Å². The van der Waals surface area contributed by atoms with Gasteiger partial charge in [-0.3, -0.25) is 9.59 Å². The number of amides is 2. The zero-order valence-corrected chi connectivity index (χ0v) is 11.6. The SMILES string of the molecule is CCC[C@@H](NC(=O)CNC(=O)[C@@H](N)C(C)C)C(=O)O. The Hall–Kier alpha value is -1.63. The fourth-order valence-electron chi connectivity index (χ4n) is 1.38. The highest BCUT2D eigenvalue weighted by atomic mass is 16.4. The van der Waals surface area contributed by atoms with E-state index in [1.807, 2.05) is 6.92 Å². The van der Waals surface area contributed by atoms with E-state index in [0.29, 0.717) is 12.8 Å². The van der Waals surface area contributed by atoms with Crippen molar-refractivity contribution in [3.63, 3.8) is 0 Å². The van der Waals surface area contributed by atoms with Crippen LogP contribution in [0.15, 0.2) is 0 Å². The van der Waals surface area contributed by atoms with Gasteiger partial charge in [-0.1, -0.05) is 27.2 Å². The van der Waals surface area contributed by atoms with Crippen LogP contribution in [-0.4, -0.2) is 41.5 Å². The number of carboxylic acids is 1. The molecule has 2 amide bonds. The second-order valence-electron chi connectivity index (χ2n) is 4.73. The minimum Gasteiger partial charge on any atom is -0.480 e. The lowest BCUT2D eigenvalue weighted by Crippen LogP contribution is -2.49. The molecule has 0 heterocycles. The molecule has 0 aliphatic rings. The van der Waals surface area contributed by atoms with Crippen LogP contribution in [0.2, 0.25) is 0 Å². The molecule has 0 aromatic carbocycles. The first-order valence-corrected chi connectivity index (χ1v) is 6.35. The van der Waals surface area contributed by atoms with Gasteiger partial charge >= 0.3 is 5.97 Å². The normalized spacial score (nSPS) is 13.7. The molecule has 7 heteroatoms. The van der Waals surface area contributed by atoms with Gasteiger partial charge in [0.2, 0.25) is 11.8 Å². The Morgan fingerprint density at radius 3 is 2.26 bits per heavy atom. The van der Waals surface area contributed by atoms with Gasteiger partial charge in [-0.2, -0.15) is 0 Å². The van der Waals surface area contributed by atoms with Gasteiger partial charge in [-0.15, -0.1) is 0 Å². The number of hydrogen-bond acceptors (Lipinski definition) is 4. The molecule has 110 valence electrons. The van der Waals surface area contributed by atoms with E-state index in [4.69, 9.17) is 10.8 Å². The Kier molecular flexibility index (Phi) is 7.74. The highest BCUT2D eigenvalue weighted by molar-refractivity contribution is 5.89. The molecule has 0 aromatic rings. The predicted molar refractivity (Wildman–Crippen MR) is 70.3 cm³/mol. The predicted octanol–water partition coefficient (Wildman–Crippen LogP) is -0.545. The van der Waals surface area contributed by atoms with E-state index >= 15 is 0 Å². The van der Waals surface area contributed by atoms with E-state index in [1.165, 1.54) is 0 Å². The van der Waals surface area contributed by atoms with Crippen molar-refractivity contribution in [1.29, 1.82) is 0 Å². The number of carboxylic acid groups (broad SMARTS) is 1. The van der Waals surface area contributed by atoms with Gasteiger partial charge in [-0.25, -0.2) is 4.79 Å². The molecule has 0 aliphatic heterocycles. The zero-order valence-electron chi connectivity index (χ0n) is 11.6. The molecule has 0 radical (unpaired) electrons. The van der Waals surface area contributed by atoms with Gasteiger partial charge in [0.15, 0.2) is 0 Å². The first-order valence-electron chi connectivity index (χ1n) is 6.35. The molecular formula is C12H23N3O4. The van der Waals surface area contributed by atoms with Crippen molar-refractivity contribution >= 4 is 17.8 Å². The first kappa shape index (κ1) is 17.4. The third kappa shape index (κ3) is 6.76. The van der Waals surface area contributed by atoms with Gasteiger partial charge < -0.3 is 21.5 Å². The lowest BCUT2D eigenvalue weighted by atomic mass is 10.1. The first-order chi connectivity index (χ1) is 8.79. The summed E-state index contributed by atoms with van der Waals surface area (Å²) in [5.41, 5.74) is 5.61. The number of nitrogens with one attached hydrogen (secondary N) is 2. The second-order valence-corrected chi connectivity index (χ2v) is 4.73. The molecule has 0 bridgehead atoms. The largest absolute Gasteiger partial charge is 0.480 e. The third-order valence-corrected chi connectivity index (χ3v) is 2.65. The van der Waals surface area contributed by atoms with Crippen molar-refractivity contribution < 1.29 is 19.5 Å². The maximum Gasteiger partial charge on any atom is 0.326 e. The highest BCUT2D eigenvalue weighted by Crippen LogP contribution is 1.98. The van der Waals surface area contributed by atoms with Crippen LogP contribution in [0.1, 0.15) is 33.6 Å². The molecule has 0 aliphatic carbocycles. The quantitative estimate of drug-likeness (QED) is 0.473. The van der Waals surface area contributed by atoms with Crippen LogP contribution in [0, 0.1) is 5.92 Å². The van der Waals surface area contributed by atoms with Crippen LogP contribution >= 0.6 is 0 Å². The third-order valence-electron chi connectivity index (χ3n) is 2.65. The maximum atomic E-state index is 11.5. The molecule has 19 heavy (non-hydrogen) atoms. The van der Waals surface area contributed by atoms with Gasteiger partial charge in [0, 0.05) is 0 Å². The van der Waals surface area contributed by atoms with Crippen LogP contribution in [0.25, 0.3) is 0 Å². The molecule has 0 fully saturated rings.